The van der Waals surface area contributed by atoms with Crippen LogP contribution in [0.2, 0.25) is 0 Å². The molecule has 32 heavy (non-hydrogen) atoms. The number of rotatable bonds is 5. The molecule has 0 saturated carbocycles. The highest BCUT2D eigenvalue weighted by molar-refractivity contribution is 7.08. The third kappa shape index (κ3) is 3.32. The van der Waals surface area contributed by atoms with Crippen molar-refractivity contribution in [1.82, 2.24) is 24.5 Å². The van der Waals surface area contributed by atoms with Gasteiger partial charge in [0.05, 0.1) is 5.69 Å². The number of benzene rings is 2. The first-order valence-corrected chi connectivity index (χ1v) is 11.0. The number of nitrogens with one attached hydrogen (secondary N) is 2. The van der Waals surface area contributed by atoms with Crippen LogP contribution in [0.4, 0.5) is 23.3 Å². The molecule has 0 aliphatic heterocycles. The summed E-state index contributed by atoms with van der Waals surface area (Å²) < 4.78 is 1.96. The molecule has 154 valence electrons. The van der Waals surface area contributed by atoms with Gasteiger partial charge in [-0.2, -0.15) is 21.3 Å². The van der Waals surface area contributed by atoms with Gasteiger partial charge in [0, 0.05) is 22.7 Å². The van der Waals surface area contributed by atoms with E-state index >= 15 is 0 Å². The molecular formula is C24H17N7S. The highest BCUT2D eigenvalue weighted by Crippen LogP contribution is 2.29. The molecule has 0 bridgehead atoms. The zero-order valence-electron chi connectivity index (χ0n) is 16.8. The SMILES string of the molecule is c1ccc(Nc2nc(Nc3nccc4ccccc34)nc3c2ncn3-c2ccsc2)cc1. The molecule has 4 heterocycles. The van der Waals surface area contributed by atoms with Crippen LogP contribution in [0.5, 0.6) is 0 Å². The highest BCUT2D eigenvalue weighted by Gasteiger charge is 2.16. The smallest absolute Gasteiger partial charge is 0.232 e. The van der Waals surface area contributed by atoms with E-state index in [-0.39, 0.29) is 0 Å². The van der Waals surface area contributed by atoms with Gasteiger partial charge >= 0.3 is 0 Å². The summed E-state index contributed by atoms with van der Waals surface area (Å²) in [5.41, 5.74) is 3.33. The van der Waals surface area contributed by atoms with Crippen molar-refractivity contribution in [2.45, 2.75) is 0 Å². The predicted octanol–water partition coefficient (Wildman–Crippen LogP) is 5.91. The zero-order valence-corrected chi connectivity index (χ0v) is 17.6. The van der Waals surface area contributed by atoms with Gasteiger partial charge in [-0.3, -0.25) is 4.57 Å². The van der Waals surface area contributed by atoms with Gasteiger partial charge in [0.25, 0.3) is 0 Å². The molecule has 7 nitrogen and oxygen atoms in total. The lowest BCUT2D eigenvalue weighted by molar-refractivity contribution is 1.07. The summed E-state index contributed by atoms with van der Waals surface area (Å²) in [6.07, 6.45) is 3.56. The number of para-hydroxylation sites is 1. The van der Waals surface area contributed by atoms with E-state index in [1.54, 1.807) is 23.9 Å². The molecular weight excluding hydrogens is 418 g/mol. The molecule has 0 radical (unpaired) electrons. The molecule has 0 aliphatic carbocycles. The summed E-state index contributed by atoms with van der Waals surface area (Å²) >= 11 is 1.63. The van der Waals surface area contributed by atoms with Gasteiger partial charge in [-0.25, -0.2) is 9.97 Å². The molecule has 0 atom stereocenters. The number of nitrogens with zero attached hydrogens (tertiary/aromatic N) is 5. The van der Waals surface area contributed by atoms with Crippen LogP contribution in [0.15, 0.2) is 90.0 Å². The van der Waals surface area contributed by atoms with Crippen molar-refractivity contribution < 1.29 is 0 Å². The summed E-state index contributed by atoms with van der Waals surface area (Å²) in [6.45, 7) is 0. The average molecular weight is 436 g/mol. The second-order valence-corrected chi connectivity index (χ2v) is 7.94. The summed E-state index contributed by atoms with van der Waals surface area (Å²) in [5, 5.41) is 12.9. The topological polar surface area (TPSA) is 80.6 Å². The van der Waals surface area contributed by atoms with E-state index in [1.165, 1.54) is 0 Å². The third-order valence-corrected chi connectivity index (χ3v) is 5.79. The standard InChI is InChI=1S/C24H17N7S/c1-2-7-17(8-3-1)27-22-20-23(31(15-26-20)18-11-13-32-14-18)30-24(29-22)28-21-19-9-5-4-6-16(19)10-12-25-21/h1-15H,(H2,25,27,28,29,30). The fourth-order valence-electron chi connectivity index (χ4n) is 3.61. The summed E-state index contributed by atoms with van der Waals surface area (Å²) in [7, 11) is 0. The van der Waals surface area contributed by atoms with E-state index < -0.39 is 0 Å². The van der Waals surface area contributed by atoms with Crippen molar-refractivity contribution >= 4 is 56.5 Å². The molecule has 2 N–H and O–H groups in total. The highest BCUT2D eigenvalue weighted by atomic mass is 32.1. The molecule has 0 fully saturated rings. The number of hydrogen-bond donors (Lipinski definition) is 2. The van der Waals surface area contributed by atoms with Gasteiger partial charge in [0.1, 0.15) is 12.1 Å². The number of aromatic nitrogens is 5. The minimum absolute atomic E-state index is 0.441. The first-order chi connectivity index (χ1) is 15.8. The lowest BCUT2D eigenvalue weighted by Gasteiger charge is -2.11. The molecule has 0 saturated heterocycles. The van der Waals surface area contributed by atoms with E-state index in [0.717, 1.165) is 22.1 Å². The van der Waals surface area contributed by atoms with Crippen molar-refractivity contribution in [1.29, 1.82) is 0 Å². The Morgan fingerprint density at radius 2 is 1.66 bits per heavy atom. The number of imidazole rings is 1. The van der Waals surface area contributed by atoms with Crippen LogP contribution in [-0.2, 0) is 0 Å². The van der Waals surface area contributed by atoms with E-state index in [2.05, 4.69) is 32.0 Å². The normalized spacial score (nSPS) is 11.1. The Balaban J connectivity index is 1.50. The van der Waals surface area contributed by atoms with Gasteiger partial charge in [0.2, 0.25) is 5.95 Å². The van der Waals surface area contributed by atoms with E-state index in [0.29, 0.717) is 28.7 Å². The molecule has 8 heteroatoms. The van der Waals surface area contributed by atoms with Crippen LogP contribution < -0.4 is 10.6 Å². The lowest BCUT2D eigenvalue weighted by atomic mass is 10.1. The van der Waals surface area contributed by atoms with Gasteiger partial charge in [0.15, 0.2) is 17.0 Å². The number of hydrogen-bond acceptors (Lipinski definition) is 7. The Bertz CT molecular complexity index is 1520. The van der Waals surface area contributed by atoms with Crippen molar-refractivity contribution in [2.24, 2.45) is 0 Å². The molecule has 0 amide bonds. The van der Waals surface area contributed by atoms with E-state index in [9.17, 15) is 0 Å². The molecule has 2 aromatic carbocycles. The van der Waals surface area contributed by atoms with Crippen molar-refractivity contribution in [2.75, 3.05) is 10.6 Å². The van der Waals surface area contributed by atoms with Gasteiger partial charge in [-0.05, 0) is 35.0 Å². The number of anilines is 4. The van der Waals surface area contributed by atoms with Crippen LogP contribution in [0.3, 0.4) is 0 Å². The predicted molar refractivity (Wildman–Crippen MR) is 129 cm³/mol. The number of thiophene rings is 1. The Kier molecular flexibility index (Phi) is 4.47. The first-order valence-electron chi connectivity index (χ1n) is 10.1. The Morgan fingerprint density at radius 1 is 0.781 bits per heavy atom. The van der Waals surface area contributed by atoms with Crippen molar-refractivity contribution in [3.05, 3.63) is 90.0 Å². The van der Waals surface area contributed by atoms with Crippen LogP contribution in [-0.4, -0.2) is 24.5 Å². The Labute approximate surface area is 187 Å². The summed E-state index contributed by atoms with van der Waals surface area (Å²) in [5.74, 6) is 1.77. The second-order valence-electron chi connectivity index (χ2n) is 7.16. The molecule has 6 rings (SSSR count). The molecule has 0 aliphatic rings. The summed E-state index contributed by atoms with van der Waals surface area (Å²) in [6, 6.07) is 22.0. The fourth-order valence-corrected chi connectivity index (χ4v) is 4.24. The Hall–Kier alpha value is -4.30. The quantitative estimate of drug-likeness (QED) is 0.350. The van der Waals surface area contributed by atoms with Gasteiger partial charge in [-0.15, -0.1) is 0 Å². The first kappa shape index (κ1) is 18.5. The molecule has 6 aromatic rings. The van der Waals surface area contributed by atoms with Crippen molar-refractivity contribution in [3.8, 4) is 5.69 Å². The van der Waals surface area contributed by atoms with Crippen LogP contribution in [0, 0.1) is 0 Å². The average Bonchev–Trinajstić information content (AvgIpc) is 3.50. The zero-order chi connectivity index (χ0) is 21.3. The van der Waals surface area contributed by atoms with Gasteiger partial charge in [-0.1, -0.05) is 42.5 Å². The maximum absolute atomic E-state index is 4.80. The minimum Gasteiger partial charge on any atom is -0.338 e. The second kappa shape index (κ2) is 7.75. The molecule has 0 unspecified atom stereocenters. The number of fused-ring (bicyclic) bond motifs is 2. The van der Waals surface area contributed by atoms with Gasteiger partial charge < -0.3 is 10.6 Å². The maximum Gasteiger partial charge on any atom is 0.232 e. The van der Waals surface area contributed by atoms with E-state index in [4.69, 9.17) is 9.97 Å². The number of pyridine rings is 1. The monoisotopic (exact) mass is 435 g/mol. The minimum atomic E-state index is 0.441. The summed E-state index contributed by atoms with van der Waals surface area (Å²) in [4.78, 5) is 18.7. The Morgan fingerprint density at radius 3 is 2.53 bits per heavy atom. The van der Waals surface area contributed by atoms with E-state index in [1.807, 2.05) is 70.6 Å². The lowest BCUT2D eigenvalue weighted by Crippen LogP contribution is -2.05. The molecule has 4 aromatic heterocycles. The third-order valence-electron chi connectivity index (χ3n) is 5.12. The van der Waals surface area contributed by atoms with Crippen LogP contribution >= 0.6 is 11.3 Å². The molecule has 0 spiro atoms. The van der Waals surface area contributed by atoms with Crippen molar-refractivity contribution in [3.63, 3.8) is 0 Å². The maximum atomic E-state index is 4.80. The fraction of sp³-hybridized carbons (Fsp3) is 0. The van der Waals surface area contributed by atoms with Crippen LogP contribution in [0.25, 0.3) is 27.6 Å². The largest absolute Gasteiger partial charge is 0.338 e. The van der Waals surface area contributed by atoms with Crippen LogP contribution in [0.1, 0.15) is 0 Å².